The van der Waals surface area contributed by atoms with Crippen LogP contribution in [-0.2, 0) is 11.3 Å². The van der Waals surface area contributed by atoms with Crippen molar-refractivity contribution in [3.8, 4) is 5.69 Å². The minimum Gasteiger partial charge on any atom is -0.323 e. The SMILES string of the molecule is Cc1ccc2nc(CN3CCCCC3)n(-c3ccc(C(=O)CN4C(=O)NC5(CCC(F)(F)CC5)C4=O)cc3)c2n1. The number of hydrogen-bond acceptors (Lipinski definition) is 6. The third-order valence-corrected chi connectivity index (χ3v) is 8.36. The number of imidazole rings is 1. The van der Waals surface area contributed by atoms with Crippen LogP contribution in [0.2, 0.25) is 0 Å². The first-order chi connectivity index (χ1) is 19.1. The number of pyridine rings is 1. The first kappa shape index (κ1) is 26.5. The van der Waals surface area contributed by atoms with E-state index in [2.05, 4.69) is 10.2 Å². The summed E-state index contributed by atoms with van der Waals surface area (Å²) in [5.74, 6) is -2.99. The number of Topliss-reactive ketones (excluding diaryl/α,β-unsaturated/α-hetero) is 1. The van der Waals surface area contributed by atoms with Crippen LogP contribution in [0.25, 0.3) is 16.9 Å². The summed E-state index contributed by atoms with van der Waals surface area (Å²) in [6.45, 7) is 4.22. The van der Waals surface area contributed by atoms with Crippen LogP contribution in [0, 0.1) is 6.92 Å². The molecule has 3 fully saturated rings. The number of aromatic nitrogens is 3. The van der Waals surface area contributed by atoms with E-state index in [0.29, 0.717) is 12.1 Å². The van der Waals surface area contributed by atoms with Gasteiger partial charge in [0.2, 0.25) is 5.92 Å². The van der Waals surface area contributed by atoms with Crippen LogP contribution in [0.15, 0.2) is 36.4 Å². The van der Waals surface area contributed by atoms with E-state index in [1.165, 1.54) is 19.3 Å². The van der Waals surface area contributed by atoms with Gasteiger partial charge >= 0.3 is 6.03 Å². The number of fused-ring (bicyclic) bond motifs is 1. The van der Waals surface area contributed by atoms with Gasteiger partial charge in [-0.25, -0.2) is 23.5 Å². The Morgan fingerprint density at radius 1 is 0.950 bits per heavy atom. The van der Waals surface area contributed by atoms with Crippen molar-refractivity contribution >= 4 is 28.9 Å². The van der Waals surface area contributed by atoms with Crippen LogP contribution in [0.5, 0.6) is 0 Å². The second-order valence-corrected chi connectivity index (χ2v) is 11.2. The molecule has 0 atom stereocenters. The van der Waals surface area contributed by atoms with Crippen molar-refractivity contribution in [3.63, 3.8) is 0 Å². The molecule has 2 aliphatic heterocycles. The van der Waals surface area contributed by atoms with Crippen molar-refractivity contribution in [1.82, 2.24) is 29.7 Å². The Hall–Kier alpha value is -3.73. The van der Waals surface area contributed by atoms with Gasteiger partial charge in [-0.3, -0.25) is 24.0 Å². The number of ketones is 1. The number of piperidine rings is 1. The molecule has 0 radical (unpaired) electrons. The summed E-state index contributed by atoms with van der Waals surface area (Å²) in [7, 11) is 0. The lowest BCUT2D eigenvalue weighted by Crippen LogP contribution is -2.51. The summed E-state index contributed by atoms with van der Waals surface area (Å²) < 4.78 is 29.4. The number of likely N-dealkylation sites (tertiary alicyclic amines) is 1. The van der Waals surface area contributed by atoms with Crippen LogP contribution in [0.1, 0.15) is 66.8 Å². The maximum Gasteiger partial charge on any atom is 0.325 e. The number of urea groups is 1. The summed E-state index contributed by atoms with van der Waals surface area (Å²) in [5.41, 5.74) is 2.21. The minimum absolute atomic E-state index is 0.143. The van der Waals surface area contributed by atoms with E-state index in [1.807, 2.05) is 35.8 Å². The molecule has 0 unspecified atom stereocenters. The zero-order valence-electron chi connectivity index (χ0n) is 22.5. The normalized spacial score (nSPS) is 20.8. The first-order valence-corrected chi connectivity index (χ1v) is 13.9. The Kier molecular flexibility index (Phi) is 6.64. The molecule has 210 valence electrons. The van der Waals surface area contributed by atoms with Crippen molar-refractivity contribution < 1.29 is 23.2 Å². The minimum atomic E-state index is -2.84. The average Bonchev–Trinajstić information content (AvgIpc) is 3.40. The molecular formula is C29H32F2N6O3. The molecule has 2 aromatic heterocycles. The van der Waals surface area contributed by atoms with Gasteiger partial charge in [0.1, 0.15) is 16.9 Å². The van der Waals surface area contributed by atoms with Crippen molar-refractivity contribution in [2.24, 2.45) is 0 Å². The Balaban J connectivity index is 1.22. The number of amides is 3. The van der Waals surface area contributed by atoms with Gasteiger partial charge in [0.05, 0.1) is 13.1 Å². The van der Waals surface area contributed by atoms with E-state index < -0.39 is 48.6 Å². The highest BCUT2D eigenvalue weighted by Gasteiger charge is 2.55. The van der Waals surface area contributed by atoms with Gasteiger partial charge in [-0.15, -0.1) is 0 Å². The Morgan fingerprint density at radius 2 is 1.65 bits per heavy atom. The number of nitrogens with zero attached hydrogens (tertiary/aromatic N) is 5. The van der Waals surface area contributed by atoms with Gasteiger partial charge in [0.25, 0.3) is 5.91 Å². The molecule has 2 saturated heterocycles. The van der Waals surface area contributed by atoms with Crippen molar-refractivity contribution in [3.05, 3.63) is 53.5 Å². The third-order valence-electron chi connectivity index (χ3n) is 8.36. The van der Waals surface area contributed by atoms with Crippen LogP contribution in [0.3, 0.4) is 0 Å². The van der Waals surface area contributed by atoms with Gasteiger partial charge in [-0.1, -0.05) is 6.42 Å². The van der Waals surface area contributed by atoms with E-state index in [-0.39, 0.29) is 12.8 Å². The lowest BCUT2D eigenvalue weighted by atomic mass is 9.80. The average molecular weight is 551 g/mol. The molecule has 0 bridgehead atoms. The number of imide groups is 1. The molecule has 1 aromatic carbocycles. The lowest BCUT2D eigenvalue weighted by Gasteiger charge is -2.34. The van der Waals surface area contributed by atoms with E-state index in [0.717, 1.165) is 46.4 Å². The number of benzene rings is 1. The number of alkyl halides is 2. The van der Waals surface area contributed by atoms with Crippen LogP contribution < -0.4 is 5.32 Å². The summed E-state index contributed by atoms with van der Waals surface area (Å²) in [6, 6.07) is 10.1. The van der Waals surface area contributed by atoms with Crippen molar-refractivity contribution in [2.45, 2.75) is 69.9 Å². The molecule has 9 nitrogen and oxygen atoms in total. The first-order valence-electron chi connectivity index (χ1n) is 13.9. The maximum absolute atomic E-state index is 13.7. The molecule has 3 aromatic rings. The van der Waals surface area contributed by atoms with E-state index in [1.54, 1.807) is 12.1 Å². The maximum atomic E-state index is 13.7. The summed E-state index contributed by atoms with van der Waals surface area (Å²) in [6.07, 6.45) is 2.34. The highest BCUT2D eigenvalue weighted by molar-refractivity contribution is 6.11. The summed E-state index contributed by atoms with van der Waals surface area (Å²) in [5, 5.41) is 2.58. The number of rotatable bonds is 6. The monoisotopic (exact) mass is 550 g/mol. The molecular weight excluding hydrogens is 518 g/mol. The molecule has 1 aliphatic carbocycles. The number of halogens is 2. The zero-order chi connectivity index (χ0) is 28.1. The molecule has 6 rings (SSSR count). The number of nitrogens with one attached hydrogen (secondary N) is 1. The van der Waals surface area contributed by atoms with E-state index >= 15 is 0 Å². The summed E-state index contributed by atoms with van der Waals surface area (Å²) >= 11 is 0. The fourth-order valence-corrected chi connectivity index (χ4v) is 6.03. The van der Waals surface area contributed by atoms with Crippen LogP contribution in [0.4, 0.5) is 13.6 Å². The van der Waals surface area contributed by atoms with Gasteiger partial charge in [-0.05, 0) is 82.1 Å². The fraction of sp³-hybridized carbons (Fsp3) is 0.483. The molecule has 1 saturated carbocycles. The highest BCUT2D eigenvalue weighted by atomic mass is 19.3. The van der Waals surface area contributed by atoms with Crippen molar-refractivity contribution in [1.29, 1.82) is 0 Å². The van der Waals surface area contributed by atoms with E-state index in [4.69, 9.17) is 9.97 Å². The Morgan fingerprint density at radius 3 is 2.35 bits per heavy atom. The predicted octanol–water partition coefficient (Wildman–Crippen LogP) is 4.40. The van der Waals surface area contributed by atoms with Crippen molar-refractivity contribution in [2.75, 3.05) is 19.6 Å². The number of aryl methyl sites for hydroxylation is 1. The molecule has 3 aliphatic rings. The van der Waals surface area contributed by atoms with Crippen LogP contribution >= 0.6 is 0 Å². The highest BCUT2D eigenvalue weighted by Crippen LogP contribution is 2.41. The standard InChI is InChI=1S/C29H32F2N6O3/c1-19-5-10-22-25(32-19)37(24(33-22)18-35-15-3-2-4-16-35)21-8-6-20(7-9-21)23(38)17-36-26(39)28(34-27(36)40)11-13-29(30,31)14-12-28/h5-10H,2-4,11-18H2,1H3,(H,34,40). The molecule has 3 amide bonds. The van der Waals surface area contributed by atoms with Gasteiger partial charge < -0.3 is 5.32 Å². The lowest BCUT2D eigenvalue weighted by molar-refractivity contribution is -0.135. The predicted molar refractivity (Wildman–Crippen MR) is 143 cm³/mol. The Labute approximate surface area is 230 Å². The van der Waals surface area contributed by atoms with Crippen LogP contribution in [-0.4, -0.2) is 73.2 Å². The van der Waals surface area contributed by atoms with Gasteiger partial charge in [0, 0.05) is 29.8 Å². The number of carbonyl (C=O) groups excluding carboxylic acids is 3. The molecule has 1 N–H and O–H groups in total. The second kappa shape index (κ2) is 10.0. The topological polar surface area (TPSA) is 100 Å². The quantitative estimate of drug-likeness (QED) is 0.361. The molecule has 1 spiro atoms. The van der Waals surface area contributed by atoms with E-state index in [9.17, 15) is 23.2 Å². The molecule has 11 heteroatoms. The number of carbonyl (C=O) groups is 3. The smallest absolute Gasteiger partial charge is 0.323 e. The largest absolute Gasteiger partial charge is 0.325 e. The molecule has 4 heterocycles. The second-order valence-electron chi connectivity index (χ2n) is 11.2. The summed E-state index contributed by atoms with van der Waals surface area (Å²) in [4.78, 5) is 51.6. The third kappa shape index (κ3) is 4.87. The number of hydrogen-bond donors (Lipinski definition) is 1. The Bertz CT molecular complexity index is 1470. The zero-order valence-corrected chi connectivity index (χ0v) is 22.5. The fourth-order valence-electron chi connectivity index (χ4n) is 6.03. The van der Waals surface area contributed by atoms with Gasteiger partial charge in [0.15, 0.2) is 11.4 Å². The molecule has 40 heavy (non-hydrogen) atoms. The van der Waals surface area contributed by atoms with Gasteiger partial charge in [-0.2, -0.15) is 0 Å².